The van der Waals surface area contributed by atoms with E-state index >= 15 is 0 Å². The molecule has 0 nitrogen and oxygen atoms in total. The molecule has 76 valence electrons. The maximum absolute atomic E-state index is 3.06. The van der Waals surface area contributed by atoms with Gasteiger partial charge in [-0.2, -0.15) is 0 Å². The van der Waals surface area contributed by atoms with Crippen molar-refractivity contribution in [3.05, 3.63) is 0 Å². The van der Waals surface area contributed by atoms with Crippen molar-refractivity contribution in [1.82, 2.24) is 0 Å². The minimum atomic E-state index is -3.06. The van der Waals surface area contributed by atoms with Crippen LogP contribution in [-0.4, -0.2) is 0 Å². The molecule has 10 rings (SSSR count). The molecule has 0 aromatic heterocycles. The summed E-state index contributed by atoms with van der Waals surface area (Å²) in [4.78, 5) is 0. The number of rotatable bonds is 0. The molecule has 1 spiro atoms. The molecule has 1 heteroatoms. The Balaban J connectivity index is 2.11. The molecule has 0 aliphatic carbocycles. The van der Waals surface area contributed by atoms with E-state index < -0.39 is 7.72 Å². The Bertz CT molecular complexity index is 918. The third-order valence-corrected chi connectivity index (χ3v) is 91.9. The zero-order valence-corrected chi connectivity index (χ0v) is 10.6. The average Bonchev–Trinajstić information content (AvgIpc) is 3.07. The minimum absolute atomic E-state index is 1.11. The van der Waals surface area contributed by atoms with Crippen molar-refractivity contribution in [3.63, 3.8) is 0 Å². The summed E-state index contributed by atoms with van der Waals surface area (Å²) >= 11 is 0. The Morgan fingerprint density at radius 2 is 1.21 bits per heavy atom. The van der Waals surface area contributed by atoms with Crippen LogP contribution in [0.15, 0.2) is 0 Å². The molecular weight excluding hydrogens is 257 g/mol. The SMILES string of the molecule is C[C]12[CH]3[CH]4[CH]5[CH]1[Ru]45321678[CH]2[CH]1[C]6(C)[C]7(C)[CH]28. The molecular formula is C13H16Ru. The Morgan fingerprint density at radius 1 is 0.714 bits per heavy atom. The van der Waals surface area contributed by atoms with Gasteiger partial charge in [-0.3, -0.25) is 0 Å². The molecule has 8 atom stereocenters. The molecule has 14 heavy (non-hydrogen) atoms. The van der Waals surface area contributed by atoms with Crippen LogP contribution < -0.4 is 0 Å². The summed E-state index contributed by atoms with van der Waals surface area (Å²) in [6.07, 6.45) is 0. The second-order valence-corrected chi connectivity index (χ2v) is 48.2. The van der Waals surface area contributed by atoms with Gasteiger partial charge in [0.2, 0.25) is 0 Å². The van der Waals surface area contributed by atoms with E-state index in [9.17, 15) is 0 Å². The summed E-state index contributed by atoms with van der Waals surface area (Å²) in [5.41, 5.74) is 0. The van der Waals surface area contributed by atoms with E-state index in [0.29, 0.717) is 0 Å². The van der Waals surface area contributed by atoms with Gasteiger partial charge in [0.05, 0.1) is 0 Å². The van der Waals surface area contributed by atoms with Gasteiger partial charge in [0.25, 0.3) is 0 Å². The maximum atomic E-state index is 2.84. The van der Waals surface area contributed by atoms with Crippen LogP contribution in [0, 0.1) is 0 Å². The molecule has 0 amide bonds. The van der Waals surface area contributed by atoms with Gasteiger partial charge in [-0.05, 0) is 0 Å². The topological polar surface area (TPSA) is 0 Å². The van der Waals surface area contributed by atoms with Gasteiger partial charge in [-0.15, -0.1) is 0 Å². The normalized spacial score (nSPS) is 153. The van der Waals surface area contributed by atoms with Crippen molar-refractivity contribution >= 4 is 0 Å². The van der Waals surface area contributed by atoms with Gasteiger partial charge in [0.15, 0.2) is 0 Å². The van der Waals surface area contributed by atoms with E-state index in [1.165, 1.54) is 31.6 Å². The zero-order chi connectivity index (χ0) is 8.86. The molecule has 0 aromatic rings. The van der Waals surface area contributed by atoms with Crippen molar-refractivity contribution in [2.24, 2.45) is 0 Å². The number of fused-ring (bicyclic) bond motifs is 10. The molecule has 0 radical (unpaired) electrons. The van der Waals surface area contributed by atoms with E-state index in [4.69, 9.17) is 0 Å². The summed E-state index contributed by atoms with van der Waals surface area (Å²) in [5.74, 6) is 0. The Labute approximate surface area is 72.2 Å². The van der Waals surface area contributed by atoms with E-state index in [2.05, 4.69) is 20.8 Å². The van der Waals surface area contributed by atoms with Gasteiger partial charge in [0, 0.05) is 0 Å². The van der Waals surface area contributed by atoms with Crippen molar-refractivity contribution < 1.29 is 7.72 Å². The fourth-order valence-corrected chi connectivity index (χ4v) is 164. The van der Waals surface area contributed by atoms with Gasteiger partial charge in [-0.25, -0.2) is 0 Å². The van der Waals surface area contributed by atoms with Crippen LogP contribution in [0.5, 0.6) is 0 Å². The average molecular weight is 273 g/mol. The Hall–Kier alpha value is 0.623. The fourth-order valence-electron chi connectivity index (χ4n) is 20.2. The van der Waals surface area contributed by atoms with Gasteiger partial charge in [0.1, 0.15) is 0 Å². The zero-order valence-electron chi connectivity index (χ0n) is 8.90. The Kier molecular flexibility index (Phi) is 0.105. The van der Waals surface area contributed by atoms with Crippen LogP contribution in [0.1, 0.15) is 20.8 Å². The molecule has 0 saturated carbocycles. The first kappa shape index (κ1) is 4.86. The predicted octanol–water partition coefficient (Wildman–Crippen LogP) is 4.55. The Morgan fingerprint density at radius 3 is 1.21 bits per heavy atom. The standard InChI is InChI=1S/C7H9.C6H7.Ru/c1-6-4-3-5-7(6)2;1-6-4-2-3-5-6;/h3-5H,1-2H3;2-5H,1H3;. The van der Waals surface area contributed by atoms with Crippen molar-refractivity contribution in [3.8, 4) is 0 Å². The first-order valence-corrected chi connectivity index (χ1v) is 16.2. The van der Waals surface area contributed by atoms with Crippen LogP contribution in [0.25, 0.3) is 0 Å². The number of hydrogen-bond donors (Lipinski definition) is 0. The number of hydrogen-bond acceptors (Lipinski definition) is 0. The van der Waals surface area contributed by atoms with Crippen LogP contribution >= 0.6 is 0 Å². The van der Waals surface area contributed by atoms with Crippen molar-refractivity contribution in [1.29, 1.82) is 0 Å². The van der Waals surface area contributed by atoms with E-state index in [-0.39, 0.29) is 0 Å². The first-order valence-electron chi connectivity index (χ1n) is 6.53. The molecule has 0 bridgehead atoms. The molecule has 0 aromatic carbocycles. The van der Waals surface area contributed by atoms with Crippen LogP contribution in [0.2, 0.25) is 43.6 Å². The molecule has 10 heterocycles. The summed E-state index contributed by atoms with van der Waals surface area (Å²) in [5, 5.41) is 0. The monoisotopic (exact) mass is 274 g/mol. The second kappa shape index (κ2) is 0.303. The molecule has 8 unspecified atom stereocenters. The van der Waals surface area contributed by atoms with Crippen LogP contribution in [0.4, 0.5) is 0 Å². The molecule has 0 N–H and O–H groups in total. The third-order valence-electron chi connectivity index (χ3n) is 17.3. The predicted molar refractivity (Wildman–Crippen MR) is 51.4 cm³/mol. The van der Waals surface area contributed by atoms with Gasteiger partial charge < -0.3 is 0 Å². The quantitative estimate of drug-likeness (QED) is 0.568. The fraction of sp³-hybridized carbons (Fsp3) is 1.00. The van der Waals surface area contributed by atoms with Crippen LogP contribution in [-0.2, 0) is 7.72 Å². The molecule has 10 aliphatic heterocycles. The van der Waals surface area contributed by atoms with E-state index in [1.54, 1.807) is 0 Å². The molecule has 10 saturated heterocycles. The van der Waals surface area contributed by atoms with Crippen molar-refractivity contribution in [2.45, 2.75) is 64.4 Å². The summed E-state index contributed by atoms with van der Waals surface area (Å²) < 4.78 is 13.9. The van der Waals surface area contributed by atoms with E-state index in [0.717, 1.165) is 12.0 Å². The van der Waals surface area contributed by atoms with Crippen molar-refractivity contribution in [2.75, 3.05) is 0 Å². The third kappa shape index (κ3) is 0.0295. The molecule has 10 aliphatic rings. The summed E-state index contributed by atoms with van der Waals surface area (Å²) in [7, 11) is -3.06. The van der Waals surface area contributed by atoms with Gasteiger partial charge in [-0.1, -0.05) is 0 Å². The second-order valence-electron chi connectivity index (χ2n) is 10.9. The summed E-state index contributed by atoms with van der Waals surface area (Å²) in [6.45, 7) is 8.51. The van der Waals surface area contributed by atoms with Crippen LogP contribution in [0.3, 0.4) is 0 Å². The summed E-state index contributed by atoms with van der Waals surface area (Å²) in [6, 6.07) is 0. The first-order chi connectivity index (χ1) is 6.32. The van der Waals surface area contributed by atoms with E-state index in [1.807, 2.05) is 0 Å². The molecule has 10 fully saturated rings. The van der Waals surface area contributed by atoms with Gasteiger partial charge >= 0.3 is 72.1 Å².